The van der Waals surface area contributed by atoms with Gasteiger partial charge in [0.1, 0.15) is 0 Å². The zero-order valence-corrected chi connectivity index (χ0v) is 10.1. The first-order valence-electron chi connectivity index (χ1n) is 5.81. The zero-order valence-electron chi connectivity index (χ0n) is 10.1. The molecular weight excluding hydrogens is 208 g/mol. The molecule has 0 aromatic rings. The molecule has 1 aliphatic rings. The number of ether oxygens (including phenoxy) is 2. The molecule has 0 saturated carbocycles. The Kier molecular flexibility index (Phi) is 5.73. The van der Waals surface area contributed by atoms with Crippen molar-refractivity contribution in [2.24, 2.45) is 5.73 Å². The maximum Gasteiger partial charge on any atom is 0.218 e. The number of hydrogen-bond donors (Lipinski definition) is 2. The van der Waals surface area contributed by atoms with Crippen LogP contribution in [0.2, 0.25) is 0 Å². The van der Waals surface area contributed by atoms with Crippen LogP contribution in [-0.4, -0.2) is 43.9 Å². The quantitative estimate of drug-likeness (QED) is 0.647. The third-order valence-electron chi connectivity index (χ3n) is 2.55. The molecule has 1 amide bonds. The van der Waals surface area contributed by atoms with Gasteiger partial charge in [0.15, 0.2) is 0 Å². The minimum Gasteiger partial charge on any atom is -0.379 e. The van der Waals surface area contributed by atoms with Crippen LogP contribution in [0.4, 0.5) is 0 Å². The molecule has 0 aromatic carbocycles. The van der Waals surface area contributed by atoms with Gasteiger partial charge >= 0.3 is 0 Å². The van der Waals surface area contributed by atoms with E-state index in [-0.39, 0.29) is 24.1 Å². The molecule has 3 unspecified atom stereocenters. The Labute approximate surface area is 96.7 Å². The third-order valence-corrected chi connectivity index (χ3v) is 2.55. The van der Waals surface area contributed by atoms with Gasteiger partial charge in [-0.1, -0.05) is 0 Å². The van der Waals surface area contributed by atoms with Gasteiger partial charge in [-0.3, -0.25) is 4.79 Å². The first-order valence-corrected chi connectivity index (χ1v) is 5.81. The number of carbonyl (C=O) groups excluding carboxylic acids is 1. The average Bonchev–Trinajstić information content (AvgIpc) is 2.65. The van der Waals surface area contributed by atoms with Crippen molar-refractivity contribution in [3.8, 4) is 0 Å². The molecule has 1 aliphatic heterocycles. The number of primary amides is 1. The molecule has 0 radical (unpaired) electrons. The Morgan fingerprint density at radius 3 is 2.88 bits per heavy atom. The van der Waals surface area contributed by atoms with Crippen molar-refractivity contribution in [2.75, 3.05) is 19.8 Å². The van der Waals surface area contributed by atoms with Gasteiger partial charge in [0, 0.05) is 25.1 Å². The molecule has 0 aromatic heterocycles. The lowest BCUT2D eigenvalue weighted by atomic mass is 10.2. The summed E-state index contributed by atoms with van der Waals surface area (Å²) in [5.41, 5.74) is 5.12. The summed E-state index contributed by atoms with van der Waals surface area (Å²) in [7, 11) is 0. The van der Waals surface area contributed by atoms with Crippen molar-refractivity contribution < 1.29 is 14.3 Å². The van der Waals surface area contributed by atoms with Gasteiger partial charge in [0.2, 0.25) is 5.91 Å². The van der Waals surface area contributed by atoms with E-state index < -0.39 is 0 Å². The molecule has 16 heavy (non-hydrogen) atoms. The first kappa shape index (κ1) is 13.4. The largest absolute Gasteiger partial charge is 0.379 e. The van der Waals surface area contributed by atoms with Crippen molar-refractivity contribution in [3.05, 3.63) is 0 Å². The van der Waals surface area contributed by atoms with Crippen molar-refractivity contribution >= 4 is 5.91 Å². The number of hydrogen-bond acceptors (Lipinski definition) is 4. The third kappa shape index (κ3) is 5.44. The molecule has 3 atom stereocenters. The minimum atomic E-state index is -0.280. The first-order chi connectivity index (χ1) is 7.58. The number of amides is 1. The van der Waals surface area contributed by atoms with Crippen molar-refractivity contribution in [1.29, 1.82) is 0 Å². The Morgan fingerprint density at radius 2 is 2.31 bits per heavy atom. The molecule has 5 heteroatoms. The number of rotatable bonds is 7. The van der Waals surface area contributed by atoms with E-state index in [1.807, 2.05) is 13.8 Å². The summed E-state index contributed by atoms with van der Waals surface area (Å²) in [6, 6.07) is 0.311. The van der Waals surface area contributed by atoms with E-state index in [9.17, 15) is 4.79 Å². The van der Waals surface area contributed by atoms with Crippen LogP contribution >= 0.6 is 0 Å². The highest BCUT2D eigenvalue weighted by molar-refractivity contribution is 5.74. The summed E-state index contributed by atoms with van der Waals surface area (Å²) in [6.07, 6.45) is 1.57. The molecule has 1 fully saturated rings. The maximum atomic E-state index is 10.7. The minimum absolute atomic E-state index is 0.0935. The molecule has 0 spiro atoms. The van der Waals surface area contributed by atoms with E-state index in [2.05, 4.69) is 5.32 Å². The van der Waals surface area contributed by atoms with Gasteiger partial charge in [0.25, 0.3) is 0 Å². The Balaban J connectivity index is 2.09. The summed E-state index contributed by atoms with van der Waals surface area (Å²) in [5, 5.41) is 3.27. The summed E-state index contributed by atoms with van der Waals surface area (Å²) < 4.78 is 10.9. The number of carbonyl (C=O) groups is 1. The predicted octanol–water partition coefficient (Wildman–Crippen LogP) is 0.0339. The highest BCUT2D eigenvalue weighted by Gasteiger charge is 2.17. The summed E-state index contributed by atoms with van der Waals surface area (Å²) in [5.74, 6) is -0.280. The molecule has 1 heterocycles. The zero-order chi connectivity index (χ0) is 12.0. The molecule has 0 aliphatic carbocycles. The average molecular weight is 230 g/mol. The van der Waals surface area contributed by atoms with E-state index in [1.165, 1.54) is 0 Å². The van der Waals surface area contributed by atoms with Crippen LogP contribution in [0.5, 0.6) is 0 Å². The van der Waals surface area contributed by atoms with Gasteiger partial charge in [-0.25, -0.2) is 0 Å². The maximum absolute atomic E-state index is 10.7. The van der Waals surface area contributed by atoms with Crippen molar-refractivity contribution in [1.82, 2.24) is 5.32 Å². The second-order valence-corrected chi connectivity index (χ2v) is 4.46. The fraction of sp³-hybridized carbons (Fsp3) is 0.909. The van der Waals surface area contributed by atoms with Crippen molar-refractivity contribution in [2.45, 2.75) is 44.9 Å². The second-order valence-electron chi connectivity index (χ2n) is 4.46. The molecule has 1 saturated heterocycles. The van der Waals surface area contributed by atoms with E-state index in [0.717, 1.165) is 13.0 Å². The number of nitrogens with one attached hydrogen (secondary N) is 1. The fourth-order valence-electron chi connectivity index (χ4n) is 1.82. The van der Waals surface area contributed by atoms with Crippen LogP contribution in [0, 0.1) is 0 Å². The molecule has 1 rings (SSSR count). The van der Waals surface area contributed by atoms with Gasteiger partial charge in [-0.15, -0.1) is 0 Å². The van der Waals surface area contributed by atoms with Crippen LogP contribution in [0.25, 0.3) is 0 Å². The Bertz CT molecular complexity index is 217. The van der Waals surface area contributed by atoms with Crippen molar-refractivity contribution in [3.63, 3.8) is 0 Å². The Morgan fingerprint density at radius 1 is 1.56 bits per heavy atom. The van der Waals surface area contributed by atoms with Gasteiger partial charge in [-0.05, 0) is 20.3 Å². The van der Waals surface area contributed by atoms with Crippen LogP contribution in [0.1, 0.15) is 26.7 Å². The monoisotopic (exact) mass is 230 g/mol. The van der Waals surface area contributed by atoms with E-state index in [4.69, 9.17) is 15.2 Å². The molecule has 3 N–H and O–H groups in total. The molecule has 5 nitrogen and oxygen atoms in total. The highest BCUT2D eigenvalue weighted by Crippen LogP contribution is 2.08. The second kappa shape index (κ2) is 6.83. The molecular formula is C11H22N2O3. The molecule has 0 bridgehead atoms. The summed E-state index contributed by atoms with van der Waals surface area (Å²) >= 11 is 0. The van der Waals surface area contributed by atoms with E-state index in [1.54, 1.807) is 0 Å². The van der Waals surface area contributed by atoms with E-state index >= 15 is 0 Å². The lowest BCUT2D eigenvalue weighted by molar-refractivity contribution is -0.118. The number of nitrogens with two attached hydrogens (primary N) is 1. The lowest BCUT2D eigenvalue weighted by Gasteiger charge is -2.20. The van der Waals surface area contributed by atoms with Crippen LogP contribution < -0.4 is 11.1 Å². The smallest absolute Gasteiger partial charge is 0.218 e. The SMILES string of the molecule is CC(COC1CCOC1)NC(C)CC(N)=O. The fourth-order valence-corrected chi connectivity index (χ4v) is 1.82. The summed E-state index contributed by atoms with van der Waals surface area (Å²) in [4.78, 5) is 10.7. The summed E-state index contributed by atoms with van der Waals surface area (Å²) in [6.45, 7) is 6.11. The normalized spacial score (nSPS) is 24.2. The Hall–Kier alpha value is -0.650. The van der Waals surface area contributed by atoms with Crippen LogP contribution in [0.3, 0.4) is 0 Å². The highest BCUT2D eigenvalue weighted by atomic mass is 16.5. The van der Waals surface area contributed by atoms with Crippen LogP contribution in [0.15, 0.2) is 0 Å². The van der Waals surface area contributed by atoms with Crippen LogP contribution in [-0.2, 0) is 14.3 Å². The van der Waals surface area contributed by atoms with Gasteiger partial charge < -0.3 is 20.5 Å². The predicted molar refractivity (Wildman–Crippen MR) is 61.0 cm³/mol. The van der Waals surface area contributed by atoms with Gasteiger partial charge in [-0.2, -0.15) is 0 Å². The van der Waals surface area contributed by atoms with E-state index in [0.29, 0.717) is 19.6 Å². The topological polar surface area (TPSA) is 73.6 Å². The molecule has 94 valence electrons. The van der Waals surface area contributed by atoms with Gasteiger partial charge in [0.05, 0.1) is 19.3 Å². The lowest BCUT2D eigenvalue weighted by Crippen LogP contribution is -2.40. The standard InChI is InChI=1S/C11H22N2O3/c1-8(5-11(12)14)13-9(2)6-16-10-3-4-15-7-10/h8-10,13H,3-7H2,1-2H3,(H2,12,14).